The average molecular weight is 242 g/mol. The van der Waals surface area contributed by atoms with E-state index < -0.39 is 0 Å². The fourth-order valence-electron chi connectivity index (χ4n) is 1.18. The molecular formula is C12H20ClN3. The van der Waals surface area contributed by atoms with Crippen LogP contribution in [-0.4, -0.2) is 36.1 Å². The average Bonchev–Trinajstić information content (AvgIpc) is 2.20. The summed E-state index contributed by atoms with van der Waals surface area (Å²) in [7, 11) is 4.18. The molecular weight excluding hydrogens is 222 g/mol. The highest BCUT2D eigenvalue weighted by atomic mass is 35.5. The van der Waals surface area contributed by atoms with E-state index in [1.54, 1.807) is 6.20 Å². The summed E-state index contributed by atoms with van der Waals surface area (Å²) < 4.78 is 0. The highest BCUT2D eigenvalue weighted by Crippen LogP contribution is 2.09. The van der Waals surface area contributed by atoms with Gasteiger partial charge in [-0.05, 0) is 39.6 Å². The summed E-state index contributed by atoms with van der Waals surface area (Å²) in [6.45, 7) is 6.17. The van der Waals surface area contributed by atoms with E-state index >= 15 is 0 Å². The Balaban J connectivity index is 2.39. The first-order chi connectivity index (χ1) is 7.42. The van der Waals surface area contributed by atoms with Crippen molar-refractivity contribution in [2.45, 2.75) is 25.9 Å². The van der Waals surface area contributed by atoms with Gasteiger partial charge in [-0.15, -0.1) is 0 Å². The van der Waals surface area contributed by atoms with Crippen molar-refractivity contribution in [1.29, 1.82) is 0 Å². The topological polar surface area (TPSA) is 28.2 Å². The van der Waals surface area contributed by atoms with Crippen molar-refractivity contribution in [3.8, 4) is 0 Å². The molecule has 0 aliphatic carbocycles. The molecule has 0 saturated heterocycles. The van der Waals surface area contributed by atoms with Crippen LogP contribution in [0.3, 0.4) is 0 Å². The molecule has 0 aliphatic heterocycles. The predicted molar refractivity (Wildman–Crippen MR) is 68.7 cm³/mol. The lowest BCUT2D eigenvalue weighted by Crippen LogP contribution is -2.46. The van der Waals surface area contributed by atoms with Gasteiger partial charge in [-0.1, -0.05) is 17.7 Å². The first-order valence-corrected chi connectivity index (χ1v) is 5.78. The van der Waals surface area contributed by atoms with Crippen LogP contribution in [0.1, 0.15) is 19.4 Å². The second-order valence-electron chi connectivity index (χ2n) is 4.80. The molecule has 0 unspecified atom stereocenters. The Bertz CT molecular complexity index is 320. The molecule has 0 spiro atoms. The zero-order chi connectivity index (χ0) is 12.2. The maximum absolute atomic E-state index is 5.72. The third-order valence-electron chi connectivity index (χ3n) is 2.89. The Morgan fingerprint density at radius 1 is 1.38 bits per heavy atom. The molecule has 1 rings (SSSR count). The number of nitrogens with zero attached hydrogens (tertiary/aromatic N) is 2. The van der Waals surface area contributed by atoms with Crippen molar-refractivity contribution in [1.82, 2.24) is 15.2 Å². The minimum Gasteiger partial charge on any atom is -0.311 e. The van der Waals surface area contributed by atoms with Crippen LogP contribution >= 0.6 is 11.6 Å². The van der Waals surface area contributed by atoms with Crippen molar-refractivity contribution in [2.24, 2.45) is 0 Å². The summed E-state index contributed by atoms with van der Waals surface area (Å²) in [5.74, 6) is 0. The number of aromatic nitrogens is 1. The van der Waals surface area contributed by atoms with Gasteiger partial charge in [0, 0.05) is 24.8 Å². The van der Waals surface area contributed by atoms with Crippen LogP contribution in [-0.2, 0) is 6.54 Å². The maximum Gasteiger partial charge on any atom is 0.129 e. The molecule has 0 fully saturated rings. The van der Waals surface area contributed by atoms with Crippen molar-refractivity contribution in [3.63, 3.8) is 0 Å². The Labute approximate surface area is 103 Å². The van der Waals surface area contributed by atoms with Crippen molar-refractivity contribution in [2.75, 3.05) is 20.6 Å². The molecule has 16 heavy (non-hydrogen) atoms. The fraction of sp³-hybridized carbons (Fsp3) is 0.583. The third-order valence-corrected chi connectivity index (χ3v) is 3.11. The Morgan fingerprint density at radius 2 is 2.06 bits per heavy atom. The normalized spacial score (nSPS) is 12.1. The smallest absolute Gasteiger partial charge is 0.129 e. The van der Waals surface area contributed by atoms with Gasteiger partial charge in [0.1, 0.15) is 5.15 Å². The van der Waals surface area contributed by atoms with Crippen LogP contribution in [0.5, 0.6) is 0 Å². The van der Waals surface area contributed by atoms with Crippen LogP contribution in [0.4, 0.5) is 0 Å². The van der Waals surface area contributed by atoms with E-state index in [-0.39, 0.29) is 5.54 Å². The molecule has 1 heterocycles. The molecule has 4 heteroatoms. The Morgan fingerprint density at radius 3 is 2.56 bits per heavy atom. The first kappa shape index (κ1) is 13.4. The molecule has 0 saturated carbocycles. The SMILES string of the molecule is CN(C)C(C)(C)CNCc1ccc(Cl)nc1. The van der Waals surface area contributed by atoms with Gasteiger partial charge in [0.15, 0.2) is 0 Å². The molecule has 0 amide bonds. The van der Waals surface area contributed by atoms with Gasteiger partial charge in [0.2, 0.25) is 0 Å². The zero-order valence-corrected chi connectivity index (χ0v) is 11.2. The summed E-state index contributed by atoms with van der Waals surface area (Å²) >= 11 is 5.72. The predicted octanol–water partition coefficient (Wildman–Crippen LogP) is 2.16. The van der Waals surface area contributed by atoms with E-state index in [1.165, 1.54) is 0 Å². The Kier molecular flexibility index (Phi) is 4.71. The summed E-state index contributed by atoms with van der Waals surface area (Å²) in [5.41, 5.74) is 1.30. The maximum atomic E-state index is 5.72. The van der Waals surface area contributed by atoms with Crippen LogP contribution < -0.4 is 5.32 Å². The van der Waals surface area contributed by atoms with E-state index in [4.69, 9.17) is 11.6 Å². The molecule has 1 aromatic rings. The molecule has 0 aromatic carbocycles. The lowest BCUT2D eigenvalue weighted by atomic mass is 10.0. The first-order valence-electron chi connectivity index (χ1n) is 5.40. The zero-order valence-electron chi connectivity index (χ0n) is 10.4. The lowest BCUT2D eigenvalue weighted by Gasteiger charge is -2.32. The summed E-state index contributed by atoms with van der Waals surface area (Å²) in [4.78, 5) is 6.25. The summed E-state index contributed by atoms with van der Waals surface area (Å²) in [5, 5.41) is 3.96. The van der Waals surface area contributed by atoms with Gasteiger partial charge in [-0.3, -0.25) is 0 Å². The van der Waals surface area contributed by atoms with Gasteiger partial charge in [0.05, 0.1) is 0 Å². The lowest BCUT2D eigenvalue weighted by molar-refractivity contribution is 0.190. The molecule has 0 radical (unpaired) electrons. The van der Waals surface area contributed by atoms with Gasteiger partial charge < -0.3 is 10.2 Å². The molecule has 0 atom stereocenters. The van der Waals surface area contributed by atoms with Crippen LogP contribution in [0, 0.1) is 0 Å². The minimum absolute atomic E-state index is 0.153. The molecule has 1 aromatic heterocycles. The van der Waals surface area contributed by atoms with E-state index in [0.717, 1.165) is 18.7 Å². The van der Waals surface area contributed by atoms with Gasteiger partial charge in [-0.25, -0.2) is 4.98 Å². The molecule has 0 bridgehead atoms. The van der Waals surface area contributed by atoms with Gasteiger partial charge >= 0.3 is 0 Å². The monoisotopic (exact) mass is 241 g/mol. The second kappa shape index (κ2) is 5.62. The van der Waals surface area contributed by atoms with Crippen LogP contribution in [0.25, 0.3) is 0 Å². The number of hydrogen-bond acceptors (Lipinski definition) is 3. The summed E-state index contributed by atoms with van der Waals surface area (Å²) in [6.07, 6.45) is 1.80. The van der Waals surface area contributed by atoms with E-state index in [2.05, 4.69) is 43.1 Å². The van der Waals surface area contributed by atoms with Gasteiger partial charge in [-0.2, -0.15) is 0 Å². The number of halogens is 1. The molecule has 1 N–H and O–H groups in total. The Hall–Kier alpha value is -0.640. The van der Waals surface area contributed by atoms with Crippen molar-refractivity contribution in [3.05, 3.63) is 29.0 Å². The number of hydrogen-bond donors (Lipinski definition) is 1. The number of pyridine rings is 1. The molecule has 90 valence electrons. The van der Waals surface area contributed by atoms with E-state index in [0.29, 0.717) is 5.15 Å². The quantitative estimate of drug-likeness (QED) is 0.801. The minimum atomic E-state index is 0.153. The van der Waals surface area contributed by atoms with Crippen LogP contribution in [0.2, 0.25) is 5.15 Å². The largest absolute Gasteiger partial charge is 0.311 e. The van der Waals surface area contributed by atoms with Crippen molar-refractivity contribution >= 4 is 11.6 Å². The van der Waals surface area contributed by atoms with E-state index in [1.807, 2.05) is 12.1 Å². The fourth-order valence-corrected chi connectivity index (χ4v) is 1.29. The summed E-state index contributed by atoms with van der Waals surface area (Å²) in [6, 6.07) is 3.81. The second-order valence-corrected chi connectivity index (χ2v) is 5.19. The molecule has 3 nitrogen and oxygen atoms in total. The highest BCUT2D eigenvalue weighted by Gasteiger charge is 2.19. The van der Waals surface area contributed by atoms with Crippen LogP contribution in [0.15, 0.2) is 18.3 Å². The van der Waals surface area contributed by atoms with Crippen molar-refractivity contribution < 1.29 is 0 Å². The highest BCUT2D eigenvalue weighted by molar-refractivity contribution is 6.29. The number of likely N-dealkylation sites (N-methyl/N-ethyl adjacent to an activating group) is 1. The van der Waals surface area contributed by atoms with E-state index in [9.17, 15) is 0 Å². The third kappa shape index (κ3) is 4.08. The molecule has 0 aliphatic rings. The number of rotatable bonds is 5. The number of nitrogens with one attached hydrogen (secondary N) is 1. The standard InChI is InChI=1S/C12H20ClN3/c1-12(2,16(3)4)9-14-7-10-5-6-11(13)15-8-10/h5-6,8,14H,7,9H2,1-4H3. The van der Waals surface area contributed by atoms with Gasteiger partial charge in [0.25, 0.3) is 0 Å².